The molecule has 0 fully saturated rings. The molecule has 0 unspecified atom stereocenters. The van der Waals surface area contributed by atoms with Gasteiger partial charge in [-0.2, -0.15) is 13.2 Å². The molecule has 5 nitrogen and oxygen atoms in total. The van der Waals surface area contributed by atoms with Gasteiger partial charge in [-0.25, -0.2) is 4.98 Å². The summed E-state index contributed by atoms with van der Waals surface area (Å²) in [4.78, 5) is 30.0. The summed E-state index contributed by atoms with van der Waals surface area (Å²) in [6, 6.07) is 10.3. The largest absolute Gasteiger partial charge is 0.416 e. The van der Waals surface area contributed by atoms with Crippen molar-refractivity contribution in [2.45, 2.75) is 33.4 Å². The van der Waals surface area contributed by atoms with Crippen LogP contribution in [0.1, 0.15) is 36.2 Å². The molecule has 33 heavy (non-hydrogen) atoms. The van der Waals surface area contributed by atoms with Gasteiger partial charge >= 0.3 is 6.18 Å². The van der Waals surface area contributed by atoms with Crippen LogP contribution in [-0.4, -0.2) is 16.8 Å². The first-order valence-electron chi connectivity index (χ1n) is 10.1. The van der Waals surface area contributed by atoms with Crippen LogP contribution in [0.25, 0.3) is 6.08 Å². The first-order chi connectivity index (χ1) is 15.6. The molecule has 172 valence electrons. The summed E-state index contributed by atoms with van der Waals surface area (Å²) in [5.74, 6) is -0.821. The van der Waals surface area contributed by atoms with Crippen molar-refractivity contribution in [1.29, 1.82) is 0 Å². The zero-order valence-electron chi connectivity index (χ0n) is 18.2. The van der Waals surface area contributed by atoms with Gasteiger partial charge in [0.25, 0.3) is 0 Å². The molecule has 0 aliphatic carbocycles. The van der Waals surface area contributed by atoms with Crippen LogP contribution in [-0.2, 0) is 22.2 Å². The van der Waals surface area contributed by atoms with Gasteiger partial charge in [0.15, 0.2) is 5.13 Å². The molecule has 1 aromatic heterocycles. The average Bonchev–Trinajstić information content (AvgIpc) is 3.21. The Balaban J connectivity index is 1.80. The molecule has 1 heterocycles. The van der Waals surface area contributed by atoms with Crippen LogP contribution >= 0.6 is 11.3 Å². The number of thiazole rings is 1. The van der Waals surface area contributed by atoms with E-state index in [1.807, 2.05) is 32.0 Å². The minimum atomic E-state index is -4.53. The molecule has 0 bridgehead atoms. The van der Waals surface area contributed by atoms with Crippen LogP contribution < -0.4 is 10.2 Å². The van der Waals surface area contributed by atoms with Crippen LogP contribution in [0.3, 0.4) is 0 Å². The van der Waals surface area contributed by atoms with E-state index in [1.165, 1.54) is 31.2 Å². The highest BCUT2D eigenvalue weighted by Gasteiger charge is 2.31. The fourth-order valence-corrected chi connectivity index (χ4v) is 4.09. The fraction of sp³-hybridized carbons (Fsp3) is 0.208. The predicted molar refractivity (Wildman–Crippen MR) is 125 cm³/mol. The van der Waals surface area contributed by atoms with E-state index in [-0.39, 0.29) is 16.7 Å². The molecular weight excluding hydrogens is 451 g/mol. The first-order valence-corrected chi connectivity index (χ1v) is 11.0. The number of anilines is 3. The number of carbonyl (C=O) groups excluding carboxylic acids is 2. The number of aromatic nitrogens is 1. The Morgan fingerprint density at radius 3 is 2.58 bits per heavy atom. The van der Waals surface area contributed by atoms with Gasteiger partial charge in [-0.3, -0.25) is 14.5 Å². The van der Waals surface area contributed by atoms with Crippen molar-refractivity contribution in [3.63, 3.8) is 0 Å². The van der Waals surface area contributed by atoms with Crippen molar-refractivity contribution in [2.24, 2.45) is 0 Å². The van der Waals surface area contributed by atoms with Crippen molar-refractivity contribution >= 4 is 45.7 Å². The lowest BCUT2D eigenvalue weighted by atomic mass is 10.1. The second kappa shape index (κ2) is 9.99. The molecule has 0 saturated heterocycles. The van der Waals surface area contributed by atoms with Crippen LogP contribution in [0.5, 0.6) is 0 Å². The normalized spacial score (nSPS) is 11.6. The van der Waals surface area contributed by atoms with E-state index in [1.54, 1.807) is 5.38 Å². The maximum absolute atomic E-state index is 13.1. The van der Waals surface area contributed by atoms with Gasteiger partial charge in [0.2, 0.25) is 11.8 Å². The Morgan fingerprint density at radius 1 is 1.18 bits per heavy atom. The quantitative estimate of drug-likeness (QED) is 0.423. The van der Waals surface area contributed by atoms with Crippen molar-refractivity contribution in [2.75, 3.05) is 10.2 Å². The number of benzene rings is 2. The lowest BCUT2D eigenvalue weighted by molar-refractivity contribution is -0.137. The minimum absolute atomic E-state index is 0.0617. The second-order valence-corrected chi connectivity index (χ2v) is 8.08. The van der Waals surface area contributed by atoms with Gasteiger partial charge in [0.1, 0.15) is 0 Å². The molecule has 3 rings (SSSR count). The monoisotopic (exact) mass is 473 g/mol. The lowest BCUT2D eigenvalue weighted by Crippen LogP contribution is -2.23. The summed E-state index contributed by atoms with van der Waals surface area (Å²) in [7, 11) is 0. The maximum atomic E-state index is 13.1. The number of halogens is 3. The number of rotatable bonds is 6. The van der Waals surface area contributed by atoms with Crippen LogP contribution in [0.4, 0.5) is 29.7 Å². The van der Waals surface area contributed by atoms with Crippen molar-refractivity contribution in [3.8, 4) is 0 Å². The Hall–Kier alpha value is -3.46. The summed E-state index contributed by atoms with van der Waals surface area (Å²) < 4.78 is 39.2. The molecule has 2 aromatic carbocycles. The number of nitrogens with zero attached hydrogens (tertiary/aromatic N) is 2. The topological polar surface area (TPSA) is 62.3 Å². The van der Waals surface area contributed by atoms with E-state index >= 15 is 0 Å². The van der Waals surface area contributed by atoms with Crippen molar-refractivity contribution in [1.82, 2.24) is 4.98 Å². The highest BCUT2D eigenvalue weighted by atomic mass is 32.1. The fourth-order valence-electron chi connectivity index (χ4n) is 3.23. The van der Waals surface area contributed by atoms with Gasteiger partial charge in [0, 0.05) is 24.1 Å². The number of carbonyl (C=O) groups is 2. The summed E-state index contributed by atoms with van der Waals surface area (Å²) in [5.41, 5.74) is 2.34. The average molecular weight is 474 g/mol. The molecule has 1 N–H and O–H groups in total. The van der Waals surface area contributed by atoms with E-state index in [4.69, 9.17) is 0 Å². The number of para-hydroxylation sites is 1. The summed E-state index contributed by atoms with van der Waals surface area (Å²) in [6.07, 6.45) is -0.943. The summed E-state index contributed by atoms with van der Waals surface area (Å²) in [6.45, 7) is 5.16. The number of hydrogen-bond donors (Lipinski definition) is 1. The number of aryl methyl sites for hydroxylation is 2. The Labute approximate surface area is 193 Å². The molecule has 0 spiro atoms. The Bertz CT molecular complexity index is 1200. The van der Waals surface area contributed by atoms with Gasteiger partial charge in [-0.15, -0.1) is 11.3 Å². The third-order valence-corrected chi connectivity index (χ3v) is 5.69. The number of hydrogen-bond acceptors (Lipinski definition) is 4. The number of nitrogens with one attached hydrogen (secondary N) is 1. The van der Waals surface area contributed by atoms with Crippen molar-refractivity contribution < 1.29 is 22.8 Å². The van der Waals surface area contributed by atoms with Gasteiger partial charge in [-0.05, 0) is 48.7 Å². The smallest absolute Gasteiger partial charge is 0.322 e. The minimum Gasteiger partial charge on any atom is -0.322 e. The molecule has 2 amide bonds. The van der Waals surface area contributed by atoms with Gasteiger partial charge < -0.3 is 5.32 Å². The number of alkyl halides is 3. The maximum Gasteiger partial charge on any atom is 0.416 e. The predicted octanol–water partition coefficient (Wildman–Crippen LogP) is 6.37. The highest BCUT2D eigenvalue weighted by molar-refractivity contribution is 7.14. The summed E-state index contributed by atoms with van der Waals surface area (Å²) >= 11 is 1.09. The Kier molecular flexibility index (Phi) is 7.33. The summed E-state index contributed by atoms with van der Waals surface area (Å²) in [5, 5.41) is 4.69. The van der Waals surface area contributed by atoms with Crippen LogP contribution in [0.2, 0.25) is 0 Å². The molecule has 3 aromatic rings. The zero-order chi connectivity index (χ0) is 24.2. The van der Waals surface area contributed by atoms with Gasteiger partial charge in [-0.1, -0.05) is 31.2 Å². The third-order valence-electron chi connectivity index (χ3n) is 4.84. The van der Waals surface area contributed by atoms with E-state index in [2.05, 4.69) is 10.3 Å². The van der Waals surface area contributed by atoms with Gasteiger partial charge in [0.05, 0.1) is 16.9 Å². The van der Waals surface area contributed by atoms with E-state index in [0.717, 1.165) is 51.6 Å². The molecule has 9 heteroatoms. The van der Waals surface area contributed by atoms with E-state index in [9.17, 15) is 22.8 Å². The molecule has 0 atom stereocenters. The molecule has 0 saturated carbocycles. The molecule has 0 aliphatic rings. The second-order valence-electron chi connectivity index (χ2n) is 7.24. The highest BCUT2D eigenvalue weighted by Crippen LogP contribution is 2.35. The lowest BCUT2D eigenvalue weighted by Gasteiger charge is -2.19. The molecule has 0 aliphatic heterocycles. The molecular formula is C24H22F3N3O2S. The zero-order valence-corrected chi connectivity index (χ0v) is 19.1. The van der Waals surface area contributed by atoms with Crippen LogP contribution in [0, 0.1) is 6.92 Å². The number of amides is 2. The third kappa shape index (κ3) is 5.87. The molecule has 0 radical (unpaired) electrons. The standard InChI is InChI=1S/C24H22F3N3O2S/c1-4-17-8-5-7-15(2)22(17)29-21(32)12-11-19-14-33-23(28-19)30(16(3)31)20-10-6-9-18(13-20)24(25,26)27/h5-14H,4H2,1-3H3,(H,29,32)/b12-11+. The van der Waals surface area contributed by atoms with Crippen molar-refractivity contribution in [3.05, 3.63) is 76.3 Å². The van der Waals surface area contributed by atoms with Crippen LogP contribution in [0.15, 0.2) is 53.9 Å². The first kappa shape index (κ1) is 24.2. The Morgan fingerprint density at radius 2 is 1.91 bits per heavy atom. The SMILES string of the molecule is CCc1cccc(C)c1NC(=O)/C=C/c1csc(N(C(C)=O)c2cccc(C(F)(F)F)c2)n1. The van der Waals surface area contributed by atoms with E-state index in [0.29, 0.717) is 5.69 Å². The van der Waals surface area contributed by atoms with E-state index < -0.39 is 17.6 Å².